The molecule has 1 aliphatic carbocycles. The second-order valence-corrected chi connectivity index (χ2v) is 9.58. The molecule has 1 aromatic heterocycles. The molecule has 2 unspecified atom stereocenters. The van der Waals surface area contributed by atoms with Crippen LogP contribution in [0.4, 0.5) is 13.2 Å². The lowest BCUT2D eigenvalue weighted by Crippen LogP contribution is -2.49. The van der Waals surface area contributed by atoms with Crippen LogP contribution in [0.15, 0.2) is 48.2 Å². The van der Waals surface area contributed by atoms with Gasteiger partial charge in [0.2, 0.25) is 5.91 Å². The number of aromatic nitrogens is 2. The van der Waals surface area contributed by atoms with Crippen molar-refractivity contribution >= 4 is 17.5 Å². The normalized spacial score (nSPS) is 20.6. The molecule has 0 radical (unpaired) electrons. The van der Waals surface area contributed by atoms with Crippen LogP contribution in [0.25, 0.3) is 11.3 Å². The molecule has 1 saturated heterocycles. The third-order valence-corrected chi connectivity index (χ3v) is 7.03. The summed E-state index contributed by atoms with van der Waals surface area (Å²) < 4.78 is 53.0. The maximum Gasteiger partial charge on any atom is 0.434 e. The molecule has 37 heavy (non-hydrogen) atoms. The Bertz CT molecular complexity index is 1170. The molecule has 7 nitrogen and oxygen atoms in total. The number of piperazine rings is 1. The van der Waals surface area contributed by atoms with Crippen molar-refractivity contribution in [1.29, 1.82) is 0 Å². The van der Waals surface area contributed by atoms with Crippen molar-refractivity contribution in [2.75, 3.05) is 40.4 Å². The summed E-state index contributed by atoms with van der Waals surface area (Å²) in [5.41, 5.74) is 0.249. The fourth-order valence-electron chi connectivity index (χ4n) is 4.60. The number of benzene rings is 1. The standard InChI is InChI=1S/C26H30ClF3N4O3/c1-17-4-7-19(15-21(14-17)37-3)32-10-12-33(13-11-32)22(35)16-34-25(26(28,29)30)23(27)24(31-34)18-5-8-20(36-2)9-6-18/h4-9,15,17,21H,10-14,16H2,1-3H3. The molecule has 1 aliphatic heterocycles. The number of methoxy groups -OCH3 is 2. The van der Waals surface area contributed by atoms with Gasteiger partial charge in [-0.2, -0.15) is 18.3 Å². The van der Waals surface area contributed by atoms with E-state index in [0.29, 0.717) is 48.1 Å². The minimum Gasteiger partial charge on any atom is -0.497 e. The van der Waals surface area contributed by atoms with Crippen LogP contribution in [0.1, 0.15) is 19.0 Å². The lowest BCUT2D eigenvalue weighted by atomic mass is 10.1. The molecule has 11 heteroatoms. The van der Waals surface area contributed by atoms with Gasteiger partial charge in [-0.05, 0) is 48.8 Å². The molecule has 0 saturated carbocycles. The number of hydrogen-bond donors (Lipinski definition) is 0. The van der Waals surface area contributed by atoms with E-state index >= 15 is 0 Å². The van der Waals surface area contributed by atoms with Crippen molar-refractivity contribution in [3.63, 3.8) is 0 Å². The molecular formula is C26H30ClF3N4O3. The zero-order valence-corrected chi connectivity index (χ0v) is 21.7. The maximum atomic E-state index is 13.9. The number of halogens is 4. The highest BCUT2D eigenvalue weighted by Gasteiger charge is 2.40. The zero-order chi connectivity index (χ0) is 26.7. The van der Waals surface area contributed by atoms with E-state index in [1.807, 2.05) is 0 Å². The molecule has 200 valence electrons. The van der Waals surface area contributed by atoms with E-state index < -0.39 is 29.3 Å². The zero-order valence-electron chi connectivity index (χ0n) is 21.0. The summed E-state index contributed by atoms with van der Waals surface area (Å²) in [6.45, 7) is 3.48. The van der Waals surface area contributed by atoms with Gasteiger partial charge in [-0.1, -0.05) is 24.6 Å². The molecule has 0 bridgehead atoms. The molecule has 2 aliphatic rings. The molecule has 1 aromatic carbocycles. The predicted molar refractivity (Wildman–Crippen MR) is 134 cm³/mol. The first-order valence-electron chi connectivity index (χ1n) is 12.0. The van der Waals surface area contributed by atoms with Crippen LogP contribution in [0.3, 0.4) is 0 Å². The Morgan fingerprint density at radius 1 is 1.14 bits per heavy atom. The summed E-state index contributed by atoms with van der Waals surface area (Å²) in [5, 5.41) is 3.56. The van der Waals surface area contributed by atoms with Crippen LogP contribution in [-0.4, -0.2) is 72.0 Å². The summed E-state index contributed by atoms with van der Waals surface area (Å²) in [6, 6.07) is 6.36. The lowest BCUT2D eigenvalue weighted by molar-refractivity contribution is -0.146. The number of carbonyl (C=O) groups is 1. The number of allylic oxidation sites excluding steroid dienone is 2. The second kappa shape index (κ2) is 11.2. The quantitative estimate of drug-likeness (QED) is 0.525. The lowest BCUT2D eigenvalue weighted by Gasteiger charge is -2.37. The minimum absolute atomic E-state index is 0.00455. The Morgan fingerprint density at radius 3 is 2.41 bits per heavy atom. The van der Waals surface area contributed by atoms with E-state index in [4.69, 9.17) is 21.1 Å². The third-order valence-electron chi connectivity index (χ3n) is 6.67. The van der Waals surface area contributed by atoms with Crippen molar-refractivity contribution in [2.24, 2.45) is 5.92 Å². The van der Waals surface area contributed by atoms with Crippen molar-refractivity contribution < 1.29 is 27.4 Å². The number of rotatable bonds is 6. The Kier molecular flexibility index (Phi) is 8.18. The Labute approximate surface area is 219 Å². The van der Waals surface area contributed by atoms with Crippen molar-refractivity contribution in [3.8, 4) is 17.0 Å². The molecule has 1 fully saturated rings. The summed E-state index contributed by atoms with van der Waals surface area (Å²) in [5.74, 6) is 0.486. The fourth-order valence-corrected chi connectivity index (χ4v) is 4.95. The van der Waals surface area contributed by atoms with Crippen molar-refractivity contribution in [2.45, 2.75) is 32.2 Å². The highest BCUT2D eigenvalue weighted by molar-refractivity contribution is 6.33. The average molecular weight is 539 g/mol. The predicted octanol–water partition coefficient (Wildman–Crippen LogP) is 4.87. The van der Waals surface area contributed by atoms with Crippen LogP contribution in [0, 0.1) is 5.92 Å². The topological polar surface area (TPSA) is 59.8 Å². The van der Waals surface area contributed by atoms with Crippen LogP contribution in [0.2, 0.25) is 5.02 Å². The second-order valence-electron chi connectivity index (χ2n) is 9.20. The number of ether oxygens (including phenoxy) is 2. The van der Waals surface area contributed by atoms with Gasteiger partial charge in [0.25, 0.3) is 0 Å². The van der Waals surface area contributed by atoms with E-state index in [0.717, 1.165) is 12.1 Å². The van der Waals surface area contributed by atoms with Gasteiger partial charge < -0.3 is 19.3 Å². The van der Waals surface area contributed by atoms with Gasteiger partial charge in [0, 0.05) is 44.5 Å². The molecule has 0 spiro atoms. The first kappa shape index (κ1) is 27.1. The SMILES string of the molecule is COc1ccc(-c2nn(CC(=O)N3CCN(C4=CC(OC)CC(C)C=C4)CC3)c(C(F)(F)F)c2Cl)cc1. The third kappa shape index (κ3) is 6.13. The van der Waals surface area contributed by atoms with E-state index in [9.17, 15) is 18.0 Å². The maximum absolute atomic E-state index is 13.9. The van der Waals surface area contributed by atoms with Crippen molar-refractivity contribution in [1.82, 2.24) is 19.6 Å². The molecule has 2 atom stereocenters. The van der Waals surface area contributed by atoms with Crippen LogP contribution in [-0.2, 0) is 22.3 Å². The number of hydrogen-bond acceptors (Lipinski definition) is 5. The fraction of sp³-hybridized carbons (Fsp3) is 0.462. The molecule has 1 amide bonds. The monoisotopic (exact) mass is 538 g/mol. The summed E-state index contributed by atoms with van der Waals surface area (Å²) in [6.07, 6.45) is 2.42. The van der Waals surface area contributed by atoms with Crippen molar-refractivity contribution in [3.05, 3.63) is 58.9 Å². The highest BCUT2D eigenvalue weighted by Crippen LogP contribution is 2.40. The number of nitrogens with zero attached hydrogens (tertiary/aromatic N) is 4. The van der Waals surface area contributed by atoms with Crippen LogP contribution >= 0.6 is 11.6 Å². The number of amides is 1. The van der Waals surface area contributed by atoms with Crippen LogP contribution < -0.4 is 4.74 Å². The van der Waals surface area contributed by atoms with Gasteiger partial charge in [-0.3, -0.25) is 4.79 Å². The first-order chi connectivity index (χ1) is 17.6. The molecule has 2 heterocycles. The van der Waals surface area contributed by atoms with Gasteiger partial charge >= 0.3 is 6.18 Å². The van der Waals surface area contributed by atoms with Gasteiger partial charge in [-0.15, -0.1) is 0 Å². The molecule has 4 rings (SSSR count). The Hall–Kier alpha value is -2.98. The van der Waals surface area contributed by atoms with E-state index in [1.165, 1.54) is 7.11 Å². The van der Waals surface area contributed by atoms with Gasteiger partial charge in [-0.25, -0.2) is 4.68 Å². The average Bonchev–Trinajstić information content (AvgIpc) is 3.08. The Balaban J connectivity index is 1.48. The van der Waals surface area contributed by atoms with Gasteiger partial charge in [0.1, 0.15) is 18.0 Å². The smallest absolute Gasteiger partial charge is 0.434 e. The van der Waals surface area contributed by atoms with E-state index in [1.54, 1.807) is 36.3 Å². The summed E-state index contributed by atoms with van der Waals surface area (Å²) in [4.78, 5) is 16.8. The minimum atomic E-state index is -4.78. The molecular weight excluding hydrogens is 509 g/mol. The van der Waals surface area contributed by atoms with E-state index in [-0.39, 0.29) is 11.8 Å². The molecule has 2 aromatic rings. The van der Waals surface area contributed by atoms with Crippen LogP contribution in [0.5, 0.6) is 5.75 Å². The first-order valence-corrected chi connectivity index (χ1v) is 12.4. The Morgan fingerprint density at radius 2 is 1.81 bits per heavy atom. The molecule has 0 N–H and O–H groups in total. The largest absolute Gasteiger partial charge is 0.497 e. The number of alkyl halides is 3. The van der Waals surface area contributed by atoms with E-state index in [2.05, 4.69) is 35.2 Å². The van der Waals surface area contributed by atoms with Gasteiger partial charge in [0.15, 0.2) is 5.69 Å². The highest BCUT2D eigenvalue weighted by atomic mass is 35.5. The number of carbonyl (C=O) groups excluding carboxylic acids is 1. The summed E-state index contributed by atoms with van der Waals surface area (Å²) in [7, 11) is 3.18. The summed E-state index contributed by atoms with van der Waals surface area (Å²) >= 11 is 6.15. The van der Waals surface area contributed by atoms with Gasteiger partial charge in [0.05, 0.1) is 18.2 Å².